The molecule has 386 valence electrons. The number of esters is 1. The number of carbonyl (C=O) groups is 2. The molecule has 0 aliphatic carbocycles. The zero-order valence-electron chi connectivity index (χ0n) is 44.8. The second-order valence-electron chi connectivity index (χ2n) is 20.4. The summed E-state index contributed by atoms with van der Waals surface area (Å²) in [5, 5.41) is 0. The third-order valence-corrected chi connectivity index (χ3v) is 14.2. The van der Waals surface area contributed by atoms with E-state index in [0.717, 1.165) is 111 Å². The van der Waals surface area contributed by atoms with Crippen molar-refractivity contribution in [2.45, 2.75) is 259 Å². The number of unbranched alkanes of at least 4 members (excludes halogenated alkanes) is 26. The van der Waals surface area contributed by atoms with E-state index >= 15 is 0 Å². The zero-order chi connectivity index (χ0) is 47.1. The van der Waals surface area contributed by atoms with Gasteiger partial charge >= 0.3 is 5.97 Å². The van der Waals surface area contributed by atoms with Crippen LogP contribution in [0.25, 0.3) is 0 Å². The molecule has 8 nitrogen and oxygen atoms in total. The lowest BCUT2D eigenvalue weighted by molar-refractivity contribution is -0.144. The van der Waals surface area contributed by atoms with Crippen LogP contribution in [0.2, 0.25) is 0 Å². The molecular weight excluding hydrogens is 803 g/mol. The van der Waals surface area contributed by atoms with E-state index < -0.39 is 0 Å². The fourth-order valence-corrected chi connectivity index (χ4v) is 9.68. The van der Waals surface area contributed by atoms with Crippen molar-refractivity contribution in [1.82, 2.24) is 24.5 Å². The fourth-order valence-electron chi connectivity index (χ4n) is 9.68. The van der Waals surface area contributed by atoms with Gasteiger partial charge in [-0.1, -0.05) is 202 Å². The Hall–Kier alpha value is -1.22. The maximum absolute atomic E-state index is 13.7. The van der Waals surface area contributed by atoms with Gasteiger partial charge in [-0.25, -0.2) is 0 Å². The van der Waals surface area contributed by atoms with Crippen molar-refractivity contribution in [3.63, 3.8) is 0 Å². The minimum atomic E-state index is -0.0273. The molecule has 1 aliphatic heterocycles. The van der Waals surface area contributed by atoms with Crippen LogP contribution in [0, 0.1) is 0 Å². The van der Waals surface area contributed by atoms with Gasteiger partial charge in [-0.15, -0.1) is 0 Å². The first kappa shape index (κ1) is 61.8. The summed E-state index contributed by atoms with van der Waals surface area (Å²) in [7, 11) is 0. The Morgan fingerprint density at radius 3 is 1.12 bits per heavy atom. The van der Waals surface area contributed by atoms with E-state index in [-0.39, 0.29) is 5.97 Å². The van der Waals surface area contributed by atoms with Crippen molar-refractivity contribution >= 4 is 11.9 Å². The number of ether oxygens (including phenoxy) is 1. The van der Waals surface area contributed by atoms with E-state index in [1.807, 2.05) is 0 Å². The standard InChI is InChI=1S/C57H115N5O3/c1-6-11-16-20-24-28-33-41-58(47-38-55-65-57(64)39-32-15-10-5)45-37-46-61-51-53-62(54-52-61)56(63)40-48-60(44-36-31-27-23-19-14-9-4)50-49-59(42-34-29-25-21-17-12-7-2)43-35-30-26-22-18-13-8-3/h6-55H2,1-5H3. The molecule has 0 radical (unpaired) electrons. The van der Waals surface area contributed by atoms with Crippen LogP contribution in [0.3, 0.4) is 0 Å². The molecule has 8 heteroatoms. The first-order chi connectivity index (χ1) is 32.0. The van der Waals surface area contributed by atoms with Gasteiger partial charge in [0.05, 0.1) is 6.61 Å². The summed E-state index contributed by atoms with van der Waals surface area (Å²) >= 11 is 0. The van der Waals surface area contributed by atoms with Gasteiger partial charge in [0.1, 0.15) is 0 Å². The summed E-state index contributed by atoms with van der Waals surface area (Å²) in [6.45, 7) is 26.8. The Kier molecular flexibility index (Phi) is 45.5. The molecule has 0 spiro atoms. The van der Waals surface area contributed by atoms with Crippen molar-refractivity contribution in [2.75, 3.05) is 98.2 Å². The van der Waals surface area contributed by atoms with Crippen LogP contribution >= 0.6 is 0 Å². The molecule has 1 fully saturated rings. The van der Waals surface area contributed by atoms with E-state index in [0.29, 0.717) is 25.4 Å². The molecule has 0 saturated carbocycles. The van der Waals surface area contributed by atoms with Gasteiger partial charge in [0, 0.05) is 65.2 Å². The van der Waals surface area contributed by atoms with Gasteiger partial charge in [-0.05, 0) is 84.2 Å². The molecule has 0 aromatic carbocycles. The average molecular weight is 919 g/mol. The zero-order valence-corrected chi connectivity index (χ0v) is 44.8. The largest absolute Gasteiger partial charge is 0.466 e. The third-order valence-electron chi connectivity index (χ3n) is 14.2. The van der Waals surface area contributed by atoms with Gasteiger partial charge in [0.2, 0.25) is 5.91 Å². The maximum Gasteiger partial charge on any atom is 0.305 e. The summed E-state index contributed by atoms with van der Waals surface area (Å²) in [6, 6.07) is 0. The Morgan fingerprint density at radius 1 is 0.354 bits per heavy atom. The van der Waals surface area contributed by atoms with Gasteiger partial charge in [-0.2, -0.15) is 0 Å². The van der Waals surface area contributed by atoms with Crippen LogP contribution in [0.1, 0.15) is 259 Å². The lowest BCUT2D eigenvalue weighted by Crippen LogP contribution is -2.49. The normalized spacial score (nSPS) is 13.6. The molecule has 0 N–H and O–H groups in total. The molecule has 1 saturated heterocycles. The lowest BCUT2D eigenvalue weighted by Gasteiger charge is -2.35. The molecule has 65 heavy (non-hydrogen) atoms. The lowest BCUT2D eigenvalue weighted by atomic mass is 10.1. The van der Waals surface area contributed by atoms with Crippen molar-refractivity contribution in [3.05, 3.63) is 0 Å². The molecule has 1 heterocycles. The van der Waals surface area contributed by atoms with E-state index in [2.05, 4.69) is 59.1 Å². The second-order valence-corrected chi connectivity index (χ2v) is 20.4. The Bertz CT molecular complexity index is 989. The SMILES string of the molecule is CCCCCCCCCN(CCCOC(=O)CCCCC)CCCN1CCN(C(=O)CCN(CCCCCCCCC)CCN(CCCCCCCCC)CCCCCCCCC)CC1. The van der Waals surface area contributed by atoms with Gasteiger partial charge in [-0.3, -0.25) is 14.5 Å². The van der Waals surface area contributed by atoms with Crippen LogP contribution in [0.15, 0.2) is 0 Å². The molecule has 0 atom stereocenters. The molecule has 1 amide bonds. The predicted molar refractivity (Wildman–Crippen MR) is 283 cm³/mol. The Balaban J connectivity index is 2.65. The average Bonchev–Trinajstić information content (AvgIpc) is 3.31. The number of piperazine rings is 1. The van der Waals surface area contributed by atoms with Crippen LogP contribution in [-0.4, -0.2) is 135 Å². The molecular formula is C57H115N5O3. The van der Waals surface area contributed by atoms with Crippen LogP contribution in [-0.2, 0) is 14.3 Å². The van der Waals surface area contributed by atoms with Gasteiger partial charge < -0.3 is 24.3 Å². The van der Waals surface area contributed by atoms with Crippen LogP contribution in [0.5, 0.6) is 0 Å². The van der Waals surface area contributed by atoms with Crippen LogP contribution in [0.4, 0.5) is 0 Å². The number of nitrogens with zero attached hydrogens (tertiary/aromatic N) is 5. The van der Waals surface area contributed by atoms with Crippen LogP contribution < -0.4 is 0 Å². The molecule has 0 aromatic heterocycles. The summed E-state index contributed by atoms with van der Waals surface area (Å²) in [4.78, 5) is 38.7. The summed E-state index contributed by atoms with van der Waals surface area (Å²) in [5.74, 6) is 0.338. The van der Waals surface area contributed by atoms with Crippen molar-refractivity contribution in [2.24, 2.45) is 0 Å². The number of hydrogen-bond donors (Lipinski definition) is 0. The molecule has 0 aromatic rings. The monoisotopic (exact) mass is 918 g/mol. The third kappa shape index (κ3) is 39.3. The fraction of sp³-hybridized carbons (Fsp3) is 0.965. The molecule has 1 rings (SSSR count). The minimum Gasteiger partial charge on any atom is -0.466 e. The second kappa shape index (κ2) is 47.8. The topological polar surface area (TPSA) is 59.6 Å². The molecule has 0 bridgehead atoms. The summed E-state index contributed by atoms with van der Waals surface area (Å²) in [6.07, 6.45) is 44.4. The number of amides is 1. The minimum absolute atomic E-state index is 0.0273. The highest BCUT2D eigenvalue weighted by Crippen LogP contribution is 2.14. The number of rotatable bonds is 50. The highest BCUT2D eigenvalue weighted by molar-refractivity contribution is 5.76. The van der Waals surface area contributed by atoms with Crippen molar-refractivity contribution in [1.29, 1.82) is 0 Å². The van der Waals surface area contributed by atoms with E-state index in [4.69, 9.17) is 4.74 Å². The highest BCUT2D eigenvalue weighted by atomic mass is 16.5. The molecule has 0 unspecified atom stereocenters. The van der Waals surface area contributed by atoms with Gasteiger partial charge in [0.25, 0.3) is 0 Å². The van der Waals surface area contributed by atoms with Crippen molar-refractivity contribution in [3.8, 4) is 0 Å². The quantitative estimate of drug-likeness (QED) is 0.0445. The van der Waals surface area contributed by atoms with E-state index in [9.17, 15) is 9.59 Å². The molecule has 1 aliphatic rings. The summed E-state index contributed by atoms with van der Waals surface area (Å²) in [5.41, 5.74) is 0. The Labute approximate surface area is 406 Å². The Morgan fingerprint density at radius 2 is 0.692 bits per heavy atom. The van der Waals surface area contributed by atoms with Crippen molar-refractivity contribution < 1.29 is 14.3 Å². The van der Waals surface area contributed by atoms with E-state index in [1.54, 1.807) is 0 Å². The summed E-state index contributed by atoms with van der Waals surface area (Å²) < 4.78 is 5.58. The number of hydrogen-bond acceptors (Lipinski definition) is 7. The first-order valence-electron chi connectivity index (χ1n) is 29.3. The smallest absolute Gasteiger partial charge is 0.305 e. The number of carbonyl (C=O) groups excluding carboxylic acids is 2. The predicted octanol–water partition coefficient (Wildman–Crippen LogP) is 14.3. The van der Waals surface area contributed by atoms with E-state index in [1.165, 1.54) is 193 Å². The maximum atomic E-state index is 13.7. The first-order valence-corrected chi connectivity index (χ1v) is 29.3. The highest BCUT2D eigenvalue weighted by Gasteiger charge is 2.22. The van der Waals surface area contributed by atoms with Gasteiger partial charge in [0.15, 0.2) is 0 Å².